The predicted octanol–water partition coefficient (Wildman–Crippen LogP) is 3.00. The summed E-state index contributed by atoms with van der Waals surface area (Å²) in [5.41, 5.74) is 6.76. The van der Waals surface area contributed by atoms with Crippen LogP contribution in [0.25, 0.3) is 10.6 Å². The zero-order valence-electron chi connectivity index (χ0n) is 9.48. The van der Waals surface area contributed by atoms with Crippen molar-refractivity contribution in [3.05, 3.63) is 27.7 Å². The van der Waals surface area contributed by atoms with Crippen LogP contribution in [-0.2, 0) is 0 Å². The molecule has 2 rings (SSSR count). The normalized spacial score (nSPS) is 12.5. The van der Waals surface area contributed by atoms with E-state index in [0.29, 0.717) is 0 Å². The minimum atomic E-state index is -0.0806. The van der Waals surface area contributed by atoms with E-state index in [-0.39, 0.29) is 6.04 Å². The number of nitrogens with two attached hydrogens (primary N) is 1. The molecule has 0 aliphatic heterocycles. The van der Waals surface area contributed by atoms with E-state index in [0.717, 1.165) is 25.8 Å². The van der Waals surface area contributed by atoms with Gasteiger partial charge >= 0.3 is 0 Å². The van der Waals surface area contributed by atoms with Crippen molar-refractivity contribution in [1.29, 1.82) is 0 Å². The first-order chi connectivity index (χ1) is 8.11. The lowest BCUT2D eigenvalue weighted by Crippen LogP contribution is -2.03. The van der Waals surface area contributed by atoms with Gasteiger partial charge in [-0.15, -0.1) is 10.2 Å². The maximum absolute atomic E-state index is 5.76. The molecule has 6 heteroatoms. The van der Waals surface area contributed by atoms with E-state index < -0.39 is 0 Å². The van der Waals surface area contributed by atoms with Crippen LogP contribution in [0.2, 0.25) is 0 Å². The zero-order valence-corrected chi connectivity index (χ0v) is 11.9. The van der Waals surface area contributed by atoms with Gasteiger partial charge in [0.05, 0.1) is 17.6 Å². The molecular weight excluding hydrogens is 302 g/mol. The summed E-state index contributed by atoms with van der Waals surface area (Å²) in [6, 6.07) is 5.73. The number of hydrogen-bond acceptors (Lipinski definition) is 5. The van der Waals surface area contributed by atoms with E-state index in [1.807, 2.05) is 25.1 Å². The first-order valence-electron chi connectivity index (χ1n) is 5.04. The molecule has 0 aliphatic rings. The summed E-state index contributed by atoms with van der Waals surface area (Å²) in [6.45, 7) is 1.90. The first-order valence-corrected chi connectivity index (χ1v) is 6.65. The van der Waals surface area contributed by atoms with Crippen LogP contribution < -0.4 is 10.5 Å². The lowest BCUT2D eigenvalue weighted by atomic mass is 10.2. The Bertz CT molecular complexity index is 527. The molecule has 1 unspecified atom stereocenters. The number of halogens is 1. The minimum absolute atomic E-state index is 0.0806. The second-order valence-corrected chi connectivity index (χ2v) is 5.45. The zero-order chi connectivity index (χ0) is 12.4. The molecule has 1 aromatic heterocycles. The third-order valence-corrected chi connectivity index (χ3v) is 4.02. The third-order valence-electron chi connectivity index (χ3n) is 2.23. The molecule has 0 aliphatic carbocycles. The number of nitrogens with zero attached hydrogens (tertiary/aromatic N) is 2. The molecule has 0 amide bonds. The molecule has 0 saturated heterocycles. The molecule has 0 spiro atoms. The molecule has 1 atom stereocenters. The van der Waals surface area contributed by atoms with E-state index >= 15 is 0 Å². The third kappa shape index (κ3) is 2.65. The maximum atomic E-state index is 5.76. The fourth-order valence-electron chi connectivity index (χ4n) is 1.33. The highest BCUT2D eigenvalue weighted by Gasteiger charge is 2.11. The van der Waals surface area contributed by atoms with Crippen molar-refractivity contribution in [3.63, 3.8) is 0 Å². The van der Waals surface area contributed by atoms with Crippen molar-refractivity contribution < 1.29 is 4.74 Å². The summed E-state index contributed by atoms with van der Waals surface area (Å²) in [4.78, 5) is 0. The van der Waals surface area contributed by atoms with Crippen LogP contribution in [0.4, 0.5) is 0 Å². The molecule has 2 N–H and O–H groups in total. The molecule has 0 bridgehead atoms. The van der Waals surface area contributed by atoms with E-state index in [1.54, 1.807) is 7.11 Å². The number of hydrogen-bond donors (Lipinski definition) is 1. The second-order valence-electron chi connectivity index (χ2n) is 3.58. The lowest BCUT2D eigenvalue weighted by Gasteiger charge is -2.03. The average Bonchev–Trinajstić information content (AvgIpc) is 2.78. The number of methoxy groups -OCH3 is 1. The van der Waals surface area contributed by atoms with Gasteiger partial charge in [0.15, 0.2) is 0 Å². The summed E-state index contributed by atoms with van der Waals surface area (Å²) < 4.78 is 6.08. The van der Waals surface area contributed by atoms with Crippen molar-refractivity contribution in [2.75, 3.05) is 7.11 Å². The summed E-state index contributed by atoms with van der Waals surface area (Å²) in [5, 5.41) is 9.89. The van der Waals surface area contributed by atoms with E-state index in [9.17, 15) is 0 Å². The van der Waals surface area contributed by atoms with Gasteiger partial charge in [-0.1, -0.05) is 11.3 Å². The fraction of sp³-hybridized carbons (Fsp3) is 0.273. The van der Waals surface area contributed by atoms with Gasteiger partial charge in [-0.25, -0.2) is 0 Å². The Balaban J connectivity index is 2.36. The molecule has 0 saturated carbocycles. The van der Waals surface area contributed by atoms with Crippen molar-refractivity contribution in [2.24, 2.45) is 5.73 Å². The summed E-state index contributed by atoms with van der Waals surface area (Å²) in [6.07, 6.45) is 0. The van der Waals surface area contributed by atoms with Gasteiger partial charge in [-0.05, 0) is 41.1 Å². The first kappa shape index (κ1) is 12.5. The molecular formula is C11H12BrN3OS. The molecule has 0 fully saturated rings. The van der Waals surface area contributed by atoms with Gasteiger partial charge in [0.25, 0.3) is 0 Å². The van der Waals surface area contributed by atoms with Crippen LogP contribution in [0.15, 0.2) is 22.7 Å². The SMILES string of the molecule is COc1ccc(-c2nnc(C(C)N)s2)cc1Br. The Morgan fingerprint density at radius 3 is 2.71 bits per heavy atom. The second kappa shape index (κ2) is 5.12. The monoisotopic (exact) mass is 313 g/mol. The number of benzene rings is 1. The molecule has 90 valence electrons. The van der Waals surface area contributed by atoms with Crippen LogP contribution in [0.1, 0.15) is 18.0 Å². The number of aromatic nitrogens is 2. The highest BCUT2D eigenvalue weighted by molar-refractivity contribution is 9.10. The molecule has 1 heterocycles. The Morgan fingerprint density at radius 2 is 2.18 bits per heavy atom. The van der Waals surface area contributed by atoms with Crippen LogP contribution >= 0.6 is 27.3 Å². The Labute approximate surface area is 112 Å². The van der Waals surface area contributed by atoms with Crippen molar-refractivity contribution in [2.45, 2.75) is 13.0 Å². The van der Waals surface area contributed by atoms with Gasteiger partial charge < -0.3 is 10.5 Å². The Kier molecular flexibility index (Phi) is 3.76. The highest BCUT2D eigenvalue weighted by atomic mass is 79.9. The molecule has 2 aromatic rings. The topological polar surface area (TPSA) is 61.0 Å². The van der Waals surface area contributed by atoms with Crippen molar-refractivity contribution in [3.8, 4) is 16.3 Å². The van der Waals surface area contributed by atoms with Gasteiger partial charge in [-0.2, -0.15) is 0 Å². The molecule has 17 heavy (non-hydrogen) atoms. The maximum Gasteiger partial charge on any atom is 0.147 e. The van der Waals surface area contributed by atoms with Gasteiger partial charge in [0, 0.05) is 5.56 Å². The summed E-state index contributed by atoms with van der Waals surface area (Å²) in [7, 11) is 1.64. The number of ether oxygens (including phenoxy) is 1. The standard InChI is InChI=1S/C11H12BrN3OS/c1-6(13)10-14-15-11(17-10)7-3-4-9(16-2)8(12)5-7/h3-6H,13H2,1-2H3. The lowest BCUT2D eigenvalue weighted by molar-refractivity contribution is 0.412. The largest absolute Gasteiger partial charge is 0.496 e. The molecule has 1 aromatic carbocycles. The van der Waals surface area contributed by atoms with Gasteiger partial charge in [0.1, 0.15) is 15.8 Å². The quantitative estimate of drug-likeness (QED) is 0.946. The predicted molar refractivity (Wildman–Crippen MR) is 72.2 cm³/mol. The van der Waals surface area contributed by atoms with Crippen LogP contribution in [0, 0.1) is 0 Å². The van der Waals surface area contributed by atoms with Crippen molar-refractivity contribution >= 4 is 27.3 Å². The van der Waals surface area contributed by atoms with Crippen LogP contribution in [-0.4, -0.2) is 17.3 Å². The summed E-state index contributed by atoms with van der Waals surface area (Å²) >= 11 is 4.95. The molecule has 0 radical (unpaired) electrons. The Morgan fingerprint density at radius 1 is 1.41 bits per heavy atom. The van der Waals surface area contributed by atoms with E-state index in [2.05, 4.69) is 26.1 Å². The minimum Gasteiger partial charge on any atom is -0.496 e. The van der Waals surface area contributed by atoms with Crippen LogP contribution in [0.3, 0.4) is 0 Å². The average molecular weight is 314 g/mol. The fourth-order valence-corrected chi connectivity index (χ4v) is 2.67. The summed E-state index contributed by atoms with van der Waals surface area (Å²) in [5.74, 6) is 0.797. The highest BCUT2D eigenvalue weighted by Crippen LogP contribution is 2.32. The molecule has 4 nitrogen and oxygen atoms in total. The smallest absolute Gasteiger partial charge is 0.147 e. The van der Waals surface area contributed by atoms with E-state index in [1.165, 1.54) is 11.3 Å². The van der Waals surface area contributed by atoms with Gasteiger partial charge in [0.2, 0.25) is 0 Å². The Hall–Kier alpha value is -0.980. The number of rotatable bonds is 3. The van der Waals surface area contributed by atoms with E-state index in [4.69, 9.17) is 10.5 Å². The van der Waals surface area contributed by atoms with Gasteiger partial charge in [-0.3, -0.25) is 0 Å². The van der Waals surface area contributed by atoms with Crippen LogP contribution in [0.5, 0.6) is 5.75 Å². The van der Waals surface area contributed by atoms with Crippen molar-refractivity contribution in [1.82, 2.24) is 10.2 Å².